The number of H-pyrrole nitrogens is 1. The van der Waals surface area contributed by atoms with Gasteiger partial charge >= 0.3 is 0 Å². The molecule has 4 rings (SSSR count). The van der Waals surface area contributed by atoms with E-state index in [1.165, 1.54) is 5.56 Å². The van der Waals surface area contributed by atoms with Gasteiger partial charge in [0.25, 0.3) is 5.91 Å². The van der Waals surface area contributed by atoms with Gasteiger partial charge in [0.1, 0.15) is 0 Å². The van der Waals surface area contributed by atoms with Crippen molar-refractivity contribution in [1.29, 1.82) is 0 Å². The summed E-state index contributed by atoms with van der Waals surface area (Å²) in [7, 11) is 0. The van der Waals surface area contributed by atoms with Crippen LogP contribution in [0.1, 0.15) is 38.4 Å². The van der Waals surface area contributed by atoms with Crippen molar-refractivity contribution >= 4 is 28.8 Å². The van der Waals surface area contributed by atoms with Gasteiger partial charge in [-0.3, -0.25) is 9.59 Å². The number of fused-ring (bicyclic) bond motifs is 3. The van der Waals surface area contributed by atoms with E-state index in [4.69, 9.17) is 0 Å². The summed E-state index contributed by atoms with van der Waals surface area (Å²) in [6.45, 7) is 2.05. The predicted octanol–water partition coefficient (Wildman–Crippen LogP) is 3.64. The standard InChI is InChI=1S/C21H19N3O2/c1-13-7-10-18-17(11-13)16-9-8-15(20(25)19(16)23-18)12-22-24-21(26)14-5-3-2-4-6-14/h2-7,10-12,15,23H,8-9H2,1H3,(H,24,26)/b22-12-. The fourth-order valence-corrected chi connectivity index (χ4v) is 3.43. The van der Waals surface area contributed by atoms with Gasteiger partial charge in [0.15, 0.2) is 5.78 Å². The lowest BCUT2D eigenvalue weighted by molar-refractivity contribution is 0.0929. The fourth-order valence-electron chi connectivity index (χ4n) is 3.43. The lowest BCUT2D eigenvalue weighted by Gasteiger charge is -2.17. The molecule has 1 atom stereocenters. The highest BCUT2D eigenvalue weighted by Crippen LogP contribution is 2.31. The van der Waals surface area contributed by atoms with E-state index in [0.717, 1.165) is 22.9 Å². The lowest BCUT2D eigenvalue weighted by atomic mass is 9.86. The number of benzene rings is 2. The summed E-state index contributed by atoms with van der Waals surface area (Å²) in [5, 5.41) is 5.13. The number of ketones is 1. The van der Waals surface area contributed by atoms with E-state index in [1.54, 1.807) is 30.5 Å². The van der Waals surface area contributed by atoms with Gasteiger partial charge in [-0.2, -0.15) is 5.10 Å². The first kappa shape index (κ1) is 16.3. The molecule has 0 spiro atoms. The molecular weight excluding hydrogens is 326 g/mol. The maximum absolute atomic E-state index is 12.8. The van der Waals surface area contributed by atoms with E-state index in [1.807, 2.05) is 25.1 Å². The van der Waals surface area contributed by atoms with Crippen LogP contribution < -0.4 is 5.43 Å². The predicted molar refractivity (Wildman–Crippen MR) is 102 cm³/mol. The number of aromatic nitrogens is 1. The van der Waals surface area contributed by atoms with E-state index in [0.29, 0.717) is 17.7 Å². The molecule has 1 heterocycles. The molecule has 2 aromatic carbocycles. The highest BCUT2D eigenvalue weighted by atomic mass is 16.2. The third kappa shape index (κ3) is 2.92. The Morgan fingerprint density at radius 3 is 2.85 bits per heavy atom. The highest BCUT2D eigenvalue weighted by Gasteiger charge is 2.29. The van der Waals surface area contributed by atoms with Crippen LogP contribution in [0.5, 0.6) is 0 Å². The summed E-state index contributed by atoms with van der Waals surface area (Å²) in [4.78, 5) is 28.0. The molecule has 1 amide bonds. The zero-order valence-electron chi connectivity index (χ0n) is 14.5. The highest BCUT2D eigenvalue weighted by molar-refractivity contribution is 6.10. The number of carbonyl (C=O) groups is 2. The summed E-state index contributed by atoms with van der Waals surface area (Å²) in [5.41, 5.74) is 6.96. The second kappa shape index (κ2) is 6.59. The van der Waals surface area contributed by atoms with Crippen molar-refractivity contribution in [3.8, 4) is 0 Å². The first-order chi connectivity index (χ1) is 12.6. The Kier molecular flexibility index (Phi) is 4.13. The number of hydrazone groups is 1. The van der Waals surface area contributed by atoms with Crippen LogP contribution in [0.4, 0.5) is 0 Å². The topological polar surface area (TPSA) is 74.3 Å². The molecule has 3 aromatic rings. The second-order valence-corrected chi connectivity index (χ2v) is 6.62. The molecule has 0 fully saturated rings. The Morgan fingerprint density at radius 1 is 1.23 bits per heavy atom. The Labute approximate surface area is 151 Å². The number of nitrogens with one attached hydrogen (secondary N) is 2. The maximum Gasteiger partial charge on any atom is 0.271 e. The minimum atomic E-state index is -0.326. The molecule has 5 nitrogen and oxygen atoms in total. The number of hydrogen-bond acceptors (Lipinski definition) is 3. The Bertz CT molecular complexity index is 1020. The van der Waals surface area contributed by atoms with E-state index in [-0.39, 0.29) is 17.6 Å². The Hall–Kier alpha value is -3.21. The number of carbonyl (C=O) groups excluding carboxylic acids is 2. The summed E-state index contributed by atoms with van der Waals surface area (Å²) >= 11 is 0. The number of rotatable bonds is 3. The van der Waals surface area contributed by atoms with Gasteiger partial charge in [-0.05, 0) is 49.6 Å². The number of Topliss-reactive ketones (excluding diaryl/α,β-unsaturated/α-hetero) is 1. The third-order valence-electron chi connectivity index (χ3n) is 4.81. The van der Waals surface area contributed by atoms with Gasteiger partial charge in [-0.15, -0.1) is 0 Å². The zero-order chi connectivity index (χ0) is 18.1. The molecule has 1 aliphatic carbocycles. The van der Waals surface area contributed by atoms with Crippen LogP contribution in [0, 0.1) is 12.8 Å². The van der Waals surface area contributed by atoms with Crippen molar-refractivity contribution in [3.05, 3.63) is 70.9 Å². The van der Waals surface area contributed by atoms with E-state index in [9.17, 15) is 9.59 Å². The Morgan fingerprint density at radius 2 is 2.04 bits per heavy atom. The summed E-state index contributed by atoms with van der Waals surface area (Å²) in [5.74, 6) is -0.586. The molecule has 130 valence electrons. The molecule has 1 aromatic heterocycles. The first-order valence-corrected chi connectivity index (χ1v) is 8.67. The van der Waals surface area contributed by atoms with Crippen molar-refractivity contribution in [3.63, 3.8) is 0 Å². The monoisotopic (exact) mass is 345 g/mol. The van der Waals surface area contributed by atoms with Crippen LogP contribution in [-0.4, -0.2) is 22.9 Å². The number of hydrogen-bond donors (Lipinski definition) is 2. The minimum absolute atomic E-state index is 0.0258. The molecule has 0 bridgehead atoms. The molecule has 26 heavy (non-hydrogen) atoms. The van der Waals surface area contributed by atoms with Crippen molar-refractivity contribution < 1.29 is 9.59 Å². The number of aromatic amines is 1. The van der Waals surface area contributed by atoms with Gasteiger partial charge in [0, 0.05) is 22.7 Å². The third-order valence-corrected chi connectivity index (χ3v) is 4.81. The first-order valence-electron chi connectivity index (χ1n) is 8.67. The summed E-state index contributed by atoms with van der Waals surface area (Å²) < 4.78 is 0. The van der Waals surface area contributed by atoms with Gasteiger partial charge in [-0.1, -0.05) is 29.8 Å². The molecule has 0 saturated heterocycles. The van der Waals surface area contributed by atoms with Gasteiger partial charge < -0.3 is 4.98 Å². The average molecular weight is 345 g/mol. The largest absolute Gasteiger partial charge is 0.352 e. The second-order valence-electron chi connectivity index (χ2n) is 6.62. The molecule has 1 unspecified atom stereocenters. The van der Waals surface area contributed by atoms with Crippen molar-refractivity contribution in [2.45, 2.75) is 19.8 Å². The Balaban J connectivity index is 1.51. The molecule has 0 saturated carbocycles. The summed E-state index contributed by atoms with van der Waals surface area (Å²) in [6.07, 6.45) is 3.05. The molecule has 5 heteroatoms. The average Bonchev–Trinajstić information content (AvgIpc) is 3.03. The van der Waals surface area contributed by atoms with Crippen LogP contribution in [0.25, 0.3) is 10.9 Å². The van der Waals surface area contributed by atoms with Gasteiger partial charge in [0.05, 0.1) is 11.6 Å². The van der Waals surface area contributed by atoms with Crippen molar-refractivity contribution in [2.75, 3.05) is 0 Å². The SMILES string of the molecule is Cc1ccc2[nH]c3c(c2c1)CCC(/C=N\NC(=O)c1ccccc1)C3=O. The zero-order valence-corrected chi connectivity index (χ0v) is 14.5. The van der Waals surface area contributed by atoms with Gasteiger partial charge in [-0.25, -0.2) is 5.43 Å². The van der Waals surface area contributed by atoms with E-state index in [2.05, 4.69) is 21.6 Å². The van der Waals surface area contributed by atoms with E-state index < -0.39 is 0 Å². The molecule has 1 aliphatic rings. The maximum atomic E-state index is 12.8. The molecular formula is C21H19N3O2. The van der Waals surface area contributed by atoms with Crippen LogP contribution in [0.3, 0.4) is 0 Å². The normalized spacial score (nSPS) is 16.8. The molecule has 0 radical (unpaired) electrons. The fraction of sp³-hybridized carbons (Fsp3) is 0.190. The number of aryl methyl sites for hydroxylation is 2. The van der Waals surface area contributed by atoms with E-state index >= 15 is 0 Å². The molecule has 0 aliphatic heterocycles. The molecule has 2 N–H and O–H groups in total. The van der Waals surface area contributed by atoms with Crippen molar-refractivity contribution in [2.24, 2.45) is 11.0 Å². The van der Waals surface area contributed by atoms with Crippen LogP contribution in [0.2, 0.25) is 0 Å². The quantitative estimate of drug-likeness (QED) is 0.562. The summed E-state index contributed by atoms with van der Waals surface area (Å²) in [6, 6.07) is 15.0. The van der Waals surface area contributed by atoms with Crippen LogP contribution in [-0.2, 0) is 6.42 Å². The number of amides is 1. The minimum Gasteiger partial charge on any atom is -0.352 e. The lowest BCUT2D eigenvalue weighted by Crippen LogP contribution is -2.25. The van der Waals surface area contributed by atoms with Crippen LogP contribution in [0.15, 0.2) is 53.6 Å². The van der Waals surface area contributed by atoms with Crippen molar-refractivity contribution in [1.82, 2.24) is 10.4 Å². The number of nitrogens with zero attached hydrogens (tertiary/aromatic N) is 1. The van der Waals surface area contributed by atoms with Gasteiger partial charge in [0.2, 0.25) is 0 Å². The van der Waals surface area contributed by atoms with Crippen LogP contribution >= 0.6 is 0 Å². The smallest absolute Gasteiger partial charge is 0.271 e.